The molecule has 0 bridgehead atoms. The second-order valence-electron chi connectivity index (χ2n) is 4.29. The molecule has 0 atom stereocenters. The highest BCUT2D eigenvalue weighted by Gasteiger charge is 2.29. The van der Waals surface area contributed by atoms with Crippen LogP contribution < -0.4 is 5.73 Å². The summed E-state index contributed by atoms with van der Waals surface area (Å²) < 4.78 is 6.24. The first-order valence-corrected chi connectivity index (χ1v) is 7.50. The lowest BCUT2D eigenvalue weighted by atomic mass is 10.3. The highest BCUT2D eigenvalue weighted by Crippen LogP contribution is 2.39. The molecule has 2 N–H and O–H groups in total. The van der Waals surface area contributed by atoms with Crippen molar-refractivity contribution >= 4 is 33.4 Å². The molecule has 0 unspecified atom stereocenters. The van der Waals surface area contributed by atoms with Crippen molar-refractivity contribution in [2.45, 2.75) is 29.4 Å². The van der Waals surface area contributed by atoms with E-state index in [9.17, 15) is 0 Å². The van der Waals surface area contributed by atoms with Gasteiger partial charge >= 0.3 is 0 Å². The summed E-state index contributed by atoms with van der Waals surface area (Å²) in [5.74, 6) is 2.71. The van der Waals surface area contributed by atoms with Crippen molar-refractivity contribution in [3.63, 3.8) is 0 Å². The van der Waals surface area contributed by atoms with Crippen LogP contribution in [0.1, 0.15) is 30.5 Å². The summed E-state index contributed by atoms with van der Waals surface area (Å²) in [7, 11) is 0. The molecule has 1 aliphatic rings. The van der Waals surface area contributed by atoms with Crippen molar-refractivity contribution in [2.75, 3.05) is 5.73 Å². The number of hydrogen-bond donors (Lipinski definition) is 1. The Morgan fingerprint density at radius 1 is 1.44 bits per heavy atom. The first-order chi connectivity index (χ1) is 8.72. The van der Waals surface area contributed by atoms with Crippen LogP contribution in [0.2, 0.25) is 0 Å². The molecule has 1 aromatic carbocycles. The predicted molar refractivity (Wildman–Crippen MR) is 74.4 cm³/mol. The zero-order chi connectivity index (χ0) is 12.5. The van der Waals surface area contributed by atoms with Crippen molar-refractivity contribution in [3.05, 3.63) is 34.4 Å². The molecular formula is C12H12BrN3OS. The summed E-state index contributed by atoms with van der Waals surface area (Å²) in [6, 6.07) is 5.82. The van der Waals surface area contributed by atoms with E-state index in [2.05, 4.69) is 26.1 Å². The maximum atomic E-state index is 5.91. The lowest BCUT2D eigenvalue weighted by Gasteiger charge is -2.03. The van der Waals surface area contributed by atoms with E-state index in [0.29, 0.717) is 11.7 Å². The zero-order valence-corrected chi connectivity index (χ0v) is 12.0. The number of nitrogen functional groups attached to an aromatic ring is 1. The monoisotopic (exact) mass is 325 g/mol. The lowest BCUT2D eigenvalue weighted by molar-refractivity contribution is 0.375. The summed E-state index contributed by atoms with van der Waals surface area (Å²) in [6.45, 7) is 0. The third kappa shape index (κ3) is 2.70. The van der Waals surface area contributed by atoms with E-state index < -0.39 is 0 Å². The Labute approximate surface area is 117 Å². The van der Waals surface area contributed by atoms with E-state index in [0.717, 1.165) is 26.8 Å². The third-order valence-corrected chi connectivity index (χ3v) is 4.30. The van der Waals surface area contributed by atoms with Gasteiger partial charge < -0.3 is 10.3 Å². The van der Waals surface area contributed by atoms with E-state index in [1.54, 1.807) is 11.8 Å². The summed E-state index contributed by atoms with van der Waals surface area (Å²) >= 11 is 5.06. The summed E-state index contributed by atoms with van der Waals surface area (Å²) in [5, 5.41) is 3.99. The fourth-order valence-corrected chi connectivity index (χ4v) is 2.96. The van der Waals surface area contributed by atoms with Crippen LogP contribution in [0.3, 0.4) is 0 Å². The molecule has 1 aromatic heterocycles. The lowest BCUT2D eigenvalue weighted by Crippen LogP contribution is -1.90. The Hall–Kier alpha value is -1.01. The van der Waals surface area contributed by atoms with E-state index in [-0.39, 0.29) is 0 Å². The van der Waals surface area contributed by atoms with Crippen molar-refractivity contribution in [2.24, 2.45) is 0 Å². The van der Waals surface area contributed by atoms with Crippen molar-refractivity contribution in [1.82, 2.24) is 10.1 Å². The van der Waals surface area contributed by atoms with Gasteiger partial charge in [0.15, 0.2) is 5.82 Å². The second kappa shape index (κ2) is 4.93. The van der Waals surface area contributed by atoms with E-state index >= 15 is 0 Å². The minimum atomic E-state index is 0.507. The van der Waals surface area contributed by atoms with E-state index in [1.807, 2.05) is 18.2 Å². The molecular weight excluding hydrogens is 314 g/mol. The molecule has 1 aliphatic carbocycles. The van der Waals surface area contributed by atoms with Crippen molar-refractivity contribution in [1.29, 1.82) is 0 Å². The number of hydrogen-bond acceptors (Lipinski definition) is 5. The molecule has 3 rings (SSSR count). The molecule has 0 saturated heterocycles. The van der Waals surface area contributed by atoms with Crippen LogP contribution in [0.25, 0.3) is 0 Å². The SMILES string of the molecule is Nc1ccc(Br)cc1SCc1noc(C2CC2)n1. The standard InChI is InChI=1S/C12H12BrN3OS/c13-8-3-4-9(14)10(5-8)18-6-11-15-12(17-16-11)7-1-2-7/h3-5,7H,1-2,6,14H2. The molecule has 1 saturated carbocycles. The minimum Gasteiger partial charge on any atom is -0.398 e. The molecule has 0 radical (unpaired) electrons. The quantitative estimate of drug-likeness (QED) is 0.687. The maximum absolute atomic E-state index is 5.91. The van der Waals surface area contributed by atoms with Gasteiger partial charge in [-0.25, -0.2) is 0 Å². The van der Waals surface area contributed by atoms with Gasteiger partial charge in [-0.1, -0.05) is 21.1 Å². The molecule has 94 valence electrons. The third-order valence-electron chi connectivity index (χ3n) is 2.74. The van der Waals surface area contributed by atoms with Crippen LogP contribution in [0, 0.1) is 0 Å². The van der Waals surface area contributed by atoms with Crippen LogP contribution in [0.15, 0.2) is 32.1 Å². The number of rotatable bonds is 4. The maximum Gasteiger partial charge on any atom is 0.229 e. The van der Waals surface area contributed by atoms with E-state index in [1.165, 1.54) is 12.8 Å². The topological polar surface area (TPSA) is 64.9 Å². The van der Waals surface area contributed by atoms with Gasteiger partial charge in [0.1, 0.15) is 0 Å². The fourth-order valence-electron chi connectivity index (χ4n) is 1.60. The predicted octanol–water partition coefficient (Wildman–Crippen LogP) is 3.58. The van der Waals surface area contributed by atoms with Crippen molar-refractivity contribution < 1.29 is 4.52 Å². The average molecular weight is 326 g/mol. The summed E-state index contributed by atoms with van der Waals surface area (Å²) in [6.07, 6.45) is 2.35. The summed E-state index contributed by atoms with van der Waals surface area (Å²) in [4.78, 5) is 5.42. The number of halogens is 1. The largest absolute Gasteiger partial charge is 0.398 e. The fraction of sp³-hybridized carbons (Fsp3) is 0.333. The molecule has 0 spiro atoms. The number of anilines is 1. The minimum absolute atomic E-state index is 0.507. The number of nitrogens with zero attached hydrogens (tertiary/aromatic N) is 2. The number of benzene rings is 1. The highest BCUT2D eigenvalue weighted by atomic mass is 79.9. The Balaban J connectivity index is 1.67. The normalized spacial score (nSPS) is 14.9. The van der Waals surface area contributed by atoms with Crippen LogP contribution in [-0.4, -0.2) is 10.1 Å². The molecule has 1 heterocycles. The molecule has 4 nitrogen and oxygen atoms in total. The van der Waals surface area contributed by atoms with Crippen LogP contribution >= 0.6 is 27.7 Å². The van der Waals surface area contributed by atoms with Crippen LogP contribution in [-0.2, 0) is 5.75 Å². The van der Waals surface area contributed by atoms with Gasteiger partial charge in [-0.3, -0.25) is 0 Å². The van der Waals surface area contributed by atoms with Gasteiger partial charge in [0, 0.05) is 21.0 Å². The number of aromatic nitrogens is 2. The average Bonchev–Trinajstić information content (AvgIpc) is 3.10. The van der Waals surface area contributed by atoms with Gasteiger partial charge in [-0.05, 0) is 31.0 Å². The van der Waals surface area contributed by atoms with Crippen LogP contribution in [0.4, 0.5) is 5.69 Å². The molecule has 0 aliphatic heterocycles. The first-order valence-electron chi connectivity index (χ1n) is 5.72. The molecule has 6 heteroatoms. The molecule has 0 amide bonds. The van der Waals surface area contributed by atoms with E-state index in [4.69, 9.17) is 10.3 Å². The Morgan fingerprint density at radius 3 is 3.06 bits per heavy atom. The Morgan fingerprint density at radius 2 is 2.28 bits per heavy atom. The second-order valence-corrected chi connectivity index (χ2v) is 6.23. The van der Waals surface area contributed by atoms with Crippen molar-refractivity contribution in [3.8, 4) is 0 Å². The van der Waals surface area contributed by atoms with Gasteiger partial charge in [0.05, 0.1) is 5.75 Å². The smallest absolute Gasteiger partial charge is 0.229 e. The Bertz CT molecular complexity index is 568. The van der Waals surface area contributed by atoms with Gasteiger partial charge in [-0.2, -0.15) is 4.98 Å². The summed E-state index contributed by atoms with van der Waals surface area (Å²) in [5.41, 5.74) is 6.68. The first kappa shape index (κ1) is 12.0. The van der Waals surface area contributed by atoms with Gasteiger partial charge in [0.25, 0.3) is 0 Å². The van der Waals surface area contributed by atoms with Gasteiger partial charge in [0.2, 0.25) is 5.89 Å². The molecule has 2 aromatic rings. The Kier molecular flexibility index (Phi) is 3.30. The highest BCUT2D eigenvalue weighted by molar-refractivity contribution is 9.10. The molecule has 18 heavy (non-hydrogen) atoms. The zero-order valence-electron chi connectivity index (χ0n) is 9.60. The molecule has 1 fully saturated rings. The number of thioether (sulfide) groups is 1. The van der Waals surface area contributed by atoms with Crippen LogP contribution in [0.5, 0.6) is 0 Å². The van der Waals surface area contributed by atoms with Gasteiger partial charge in [-0.15, -0.1) is 11.8 Å². The number of nitrogens with two attached hydrogens (primary N) is 1.